The van der Waals surface area contributed by atoms with Gasteiger partial charge in [0.15, 0.2) is 0 Å². The summed E-state index contributed by atoms with van der Waals surface area (Å²) in [6.07, 6.45) is 3.71. The van der Waals surface area contributed by atoms with E-state index in [4.69, 9.17) is 14.7 Å². The van der Waals surface area contributed by atoms with Gasteiger partial charge >= 0.3 is 5.97 Å². The molecule has 8 nitrogen and oxygen atoms in total. The molecule has 3 aromatic rings. The molecule has 0 amide bonds. The lowest BCUT2D eigenvalue weighted by molar-refractivity contribution is -0.136. The molecule has 166 valence electrons. The van der Waals surface area contributed by atoms with Crippen molar-refractivity contribution in [1.29, 1.82) is 0 Å². The molecular formula is C24H26N4O4. The van der Waals surface area contributed by atoms with E-state index < -0.39 is 5.97 Å². The number of oxime groups is 1. The van der Waals surface area contributed by atoms with Crippen molar-refractivity contribution in [2.75, 3.05) is 25.1 Å². The van der Waals surface area contributed by atoms with Crippen molar-refractivity contribution in [1.82, 2.24) is 9.97 Å². The summed E-state index contributed by atoms with van der Waals surface area (Å²) in [6, 6.07) is 18.8. The highest BCUT2D eigenvalue weighted by atomic mass is 16.6. The van der Waals surface area contributed by atoms with Gasteiger partial charge in [-0.1, -0.05) is 47.6 Å². The lowest BCUT2D eigenvalue weighted by Gasteiger charge is -2.16. The molecule has 2 aromatic carbocycles. The van der Waals surface area contributed by atoms with Crippen LogP contribution in [0.4, 0.5) is 5.95 Å². The number of benzene rings is 2. The first kappa shape index (κ1) is 22.7. The van der Waals surface area contributed by atoms with Gasteiger partial charge in [0.2, 0.25) is 5.95 Å². The van der Waals surface area contributed by atoms with Gasteiger partial charge in [0, 0.05) is 25.9 Å². The number of hydrogen-bond donors (Lipinski definition) is 1. The summed E-state index contributed by atoms with van der Waals surface area (Å²) in [5, 5.41) is 13.2. The first-order chi connectivity index (χ1) is 15.6. The van der Waals surface area contributed by atoms with Gasteiger partial charge in [0.05, 0.1) is 18.7 Å². The van der Waals surface area contributed by atoms with Crippen molar-refractivity contribution >= 4 is 17.6 Å². The molecule has 0 aliphatic carbocycles. The SMILES string of the molecule is CN(CCOc1ccc(CON=C(CCC(=O)O)c2ccccc2)cc1)c1ncccn1. The lowest BCUT2D eigenvalue weighted by atomic mass is 10.1. The average molecular weight is 434 g/mol. The van der Waals surface area contributed by atoms with Crippen LogP contribution in [0.3, 0.4) is 0 Å². The number of rotatable bonds is 12. The fourth-order valence-electron chi connectivity index (χ4n) is 2.85. The second kappa shape index (κ2) is 12.0. The van der Waals surface area contributed by atoms with Gasteiger partial charge in [0.25, 0.3) is 0 Å². The number of likely N-dealkylation sites (N-methyl/N-ethyl adjacent to an activating group) is 1. The normalized spacial score (nSPS) is 11.1. The second-order valence-electron chi connectivity index (χ2n) is 7.03. The molecule has 0 aliphatic rings. The Labute approximate surface area is 187 Å². The molecule has 1 heterocycles. The van der Waals surface area contributed by atoms with Gasteiger partial charge in [-0.2, -0.15) is 0 Å². The third-order valence-corrected chi connectivity index (χ3v) is 4.60. The van der Waals surface area contributed by atoms with Gasteiger partial charge in [-0.3, -0.25) is 4.79 Å². The maximum Gasteiger partial charge on any atom is 0.303 e. The van der Waals surface area contributed by atoms with E-state index >= 15 is 0 Å². The quantitative estimate of drug-likeness (QED) is 0.342. The smallest absolute Gasteiger partial charge is 0.303 e. The summed E-state index contributed by atoms with van der Waals surface area (Å²) in [5.41, 5.74) is 2.39. The molecule has 0 spiro atoms. The number of ether oxygens (including phenoxy) is 1. The van der Waals surface area contributed by atoms with E-state index in [0.717, 1.165) is 16.9 Å². The maximum absolute atomic E-state index is 10.9. The average Bonchev–Trinajstić information content (AvgIpc) is 2.83. The number of nitrogens with zero attached hydrogens (tertiary/aromatic N) is 4. The standard InChI is InChI=1S/C24H26N4O4/c1-28(24-25-14-5-15-26-24)16-17-31-21-10-8-19(9-11-21)18-32-27-22(12-13-23(29)30)20-6-3-2-4-7-20/h2-11,14-15H,12-13,16-18H2,1H3,(H,29,30). The third kappa shape index (κ3) is 7.39. The molecular weight excluding hydrogens is 408 g/mol. The number of carboxylic acids is 1. The van der Waals surface area contributed by atoms with Crippen molar-refractivity contribution in [3.8, 4) is 5.75 Å². The van der Waals surface area contributed by atoms with E-state index in [2.05, 4.69) is 15.1 Å². The Hall–Kier alpha value is -3.94. The maximum atomic E-state index is 10.9. The molecule has 1 N–H and O–H groups in total. The molecule has 32 heavy (non-hydrogen) atoms. The third-order valence-electron chi connectivity index (χ3n) is 4.60. The van der Waals surface area contributed by atoms with Crippen LogP contribution in [0.25, 0.3) is 0 Å². The number of carbonyl (C=O) groups is 1. The Kier molecular flexibility index (Phi) is 8.56. The summed E-state index contributed by atoms with van der Waals surface area (Å²) >= 11 is 0. The Morgan fingerprint density at radius 2 is 1.72 bits per heavy atom. The van der Waals surface area contributed by atoms with Crippen molar-refractivity contribution in [2.45, 2.75) is 19.4 Å². The molecule has 0 saturated carbocycles. The lowest BCUT2D eigenvalue weighted by Crippen LogP contribution is -2.25. The highest BCUT2D eigenvalue weighted by Gasteiger charge is 2.08. The summed E-state index contributed by atoms with van der Waals surface area (Å²) in [6.45, 7) is 1.43. The van der Waals surface area contributed by atoms with E-state index in [1.165, 1.54) is 0 Å². The number of aliphatic carboxylic acids is 1. The van der Waals surface area contributed by atoms with Crippen LogP contribution < -0.4 is 9.64 Å². The fourth-order valence-corrected chi connectivity index (χ4v) is 2.85. The number of aromatic nitrogens is 2. The van der Waals surface area contributed by atoms with Crippen LogP contribution >= 0.6 is 0 Å². The van der Waals surface area contributed by atoms with Gasteiger partial charge in [-0.05, 0) is 29.3 Å². The zero-order valence-electron chi connectivity index (χ0n) is 17.9. The topological polar surface area (TPSA) is 97.1 Å². The van der Waals surface area contributed by atoms with Crippen molar-refractivity contribution < 1.29 is 19.5 Å². The van der Waals surface area contributed by atoms with E-state index in [1.54, 1.807) is 18.5 Å². The van der Waals surface area contributed by atoms with Crippen LogP contribution in [-0.2, 0) is 16.2 Å². The van der Waals surface area contributed by atoms with Crippen LogP contribution in [-0.4, -0.2) is 47.0 Å². The summed E-state index contributed by atoms with van der Waals surface area (Å²) in [5.74, 6) is 0.542. The molecule has 0 fully saturated rings. The molecule has 8 heteroatoms. The molecule has 0 saturated heterocycles. The number of carboxylic acid groups (broad SMARTS) is 1. The predicted molar refractivity (Wildman–Crippen MR) is 122 cm³/mol. The van der Waals surface area contributed by atoms with E-state index in [-0.39, 0.29) is 13.0 Å². The molecule has 0 unspecified atom stereocenters. The van der Waals surface area contributed by atoms with E-state index in [0.29, 0.717) is 31.2 Å². The van der Waals surface area contributed by atoms with Crippen LogP contribution in [0.15, 0.2) is 78.2 Å². The number of hydrogen-bond acceptors (Lipinski definition) is 7. The van der Waals surface area contributed by atoms with Gasteiger partial charge in [-0.15, -0.1) is 0 Å². The monoisotopic (exact) mass is 434 g/mol. The highest BCUT2D eigenvalue weighted by molar-refractivity contribution is 6.01. The molecule has 0 bridgehead atoms. The van der Waals surface area contributed by atoms with E-state index in [1.807, 2.05) is 66.5 Å². The van der Waals surface area contributed by atoms with Crippen LogP contribution in [0, 0.1) is 0 Å². The Morgan fingerprint density at radius 1 is 1.00 bits per heavy atom. The largest absolute Gasteiger partial charge is 0.492 e. The first-order valence-electron chi connectivity index (χ1n) is 10.3. The molecule has 0 radical (unpaired) electrons. The first-order valence-corrected chi connectivity index (χ1v) is 10.3. The van der Waals surface area contributed by atoms with E-state index in [9.17, 15) is 4.79 Å². The Morgan fingerprint density at radius 3 is 2.41 bits per heavy atom. The number of anilines is 1. The van der Waals surface area contributed by atoms with Crippen LogP contribution in [0.2, 0.25) is 0 Å². The van der Waals surface area contributed by atoms with Gasteiger partial charge in [0.1, 0.15) is 19.0 Å². The van der Waals surface area contributed by atoms with Crippen LogP contribution in [0.5, 0.6) is 5.75 Å². The molecule has 3 rings (SSSR count). The Balaban J connectivity index is 1.48. The minimum Gasteiger partial charge on any atom is -0.492 e. The molecule has 0 aliphatic heterocycles. The molecule has 1 aromatic heterocycles. The fraction of sp³-hybridized carbons (Fsp3) is 0.250. The predicted octanol–water partition coefficient (Wildman–Crippen LogP) is 3.78. The van der Waals surface area contributed by atoms with Gasteiger partial charge < -0.3 is 19.6 Å². The second-order valence-corrected chi connectivity index (χ2v) is 7.03. The van der Waals surface area contributed by atoms with Crippen molar-refractivity contribution in [3.63, 3.8) is 0 Å². The summed E-state index contributed by atoms with van der Waals surface area (Å²) in [7, 11) is 1.92. The minimum atomic E-state index is -0.869. The Bertz CT molecular complexity index is 996. The summed E-state index contributed by atoms with van der Waals surface area (Å²) < 4.78 is 5.79. The molecule has 0 atom stereocenters. The van der Waals surface area contributed by atoms with Gasteiger partial charge in [-0.25, -0.2) is 9.97 Å². The highest BCUT2D eigenvalue weighted by Crippen LogP contribution is 2.14. The summed E-state index contributed by atoms with van der Waals surface area (Å²) in [4.78, 5) is 26.8. The van der Waals surface area contributed by atoms with Crippen molar-refractivity contribution in [3.05, 3.63) is 84.2 Å². The zero-order chi connectivity index (χ0) is 22.6. The van der Waals surface area contributed by atoms with Crippen LogP contribution in [0.1, 0.15) is 24.0 Å². The van der Waals surface area contributed by atoms with Crippen molar-refractivity contribution in [2.24, 2.45) is 5.16 Å². The zero-order valence-corrected chi connectivity index (χ0v) is 17.9. The minimum absolute atomic E-state index is 0.00525.